The van der Waals surface area contributed by atoms with Crippen LogP contribution in [-0.2, 0) is 11.2 Å². The van der Waals surface area contributed by atoms with E-state index in [0.29, 0.717) is 5.56 Å². The van der Waals surface area contributed by atoms with Gasteiger partial charge in [0.2, 0.25) is 0 Å². The summed E-state index contributed by atoms with van der Waals surface area (Å²) in [5.41, 5.74) is 1.61. The second-order valence-electron chi connectivity index (χ2n) is 3.88. The van der Waals surface area contributed by atoms with Crippen LogP contribution in [0.4, 0.5) is 0 Å². The van der Waals surface area contributed by atoms with Crippen molar-refractivity contribution in [2.45, 2.75) is 33.3 Å². The average Bonchev–Trinajstić information content (AvgIpc) is 2.26. The predicted octanol–water partition coefficient (Wildman–Crippen LogP) is 2.82. The van der Waals surface area contributed by atoms with Gasteiger partial charge in [-0.05, 0) is 44.0 Å². The molecule has 0 fully saturated rings. The van der Waals surface area contributed by atoms with Gasteiger partial charge in [-0.3, -0.25) is 0 Å². The Labute approximate surface area is 96.4 Å². The van der Waals surface area contributed by atoms with Gasteiger partial charge in [0.25, 0.3) is 0 Å². The number of hydrogen-bond acceptors (Lipinski definition) is 3. The summed E-state index contributed by atoms with van der Waals surface area (Å²) in [6.07, 6.45) is 0.955. The molecule has 0 bridgehead atoms. The third-order valence-corrected chi connectivity index (χ3v) is 2.17. The first-order valence-corrected chi connectivity index (χ1v) is 5.45. The standard InChI is InChI=1S/C13H18O3/c1-5-10-6-11(13(14)15-4)8-12(7-10)16-9(2)3/h6-9H,5H2,1-4H3. The molecule has 0 saturated heterocycles. The maximum Gasteiger partial charge on any atom is 0.337 e. The summed E-state index contributed by atoms with van der Waals surface area (Å²) in [5, 5.41) is 0. The van der Waals surface area contributed by atoms with E-state index in [1.54, 1.807) is 6.07 Å². The first-order valence-electron chi connectivity index (χ1n) is 5.45. The molecule has 16 heavy (non-hydrogen) atoms. The van der Waals surface area contributed by atoms with Gasteiger partial charge in [0, 0.05) is 0 Å². The van der Waals surface area contributed by atoms with E-state index in [1.165, 1.54) is 7.11 Å². The van der Waals surface area contributed by atoms with Crippen molar-refractivity contribution in [1.82, 2.24) is 0 Å². The maximum atomic E-state index is 11.4. The van der Waals surface area contributed by atoms with Crippen molar-refractivity contribution < 1.29 is 14.3 Å². The number of methoxy groups -OCH3 is 1. The number of rotatable bonds is 4. The van der Waals surface area contributed by atoms with E-state index >= 15 is 0 Å². The molecule has 0 aliphatic carbocycles. The van der Waals surface area contributed by atoms with Crippen molar-refractivity contribution in [2.24, 2.45) is 0 Å². The van der Waals surface area contributed by atoms with E-state index < -0.39 is 0 Å². The summed E-state index contributed by atoms with van der Waals surface area (Å²) in [6.45, 7) is 5.95. The molecule has 0 heterocycles. The van der Waals surface area contributed by atoms with E-state index in [1.807, 2.05) is 32.9 Å². The van der Waals surface area contributed by atoms with Crippen LogP contribution < -0.4 is 4.74 Å². The highest BCUT2D eigenvalue weighted by molar-refractivity contribution is 5.90. The van der Waals surface area contributed by atoms with E-state index in [4.69, 9.17) is 9.47 Å². The van der Waals surface area contributed by atoms with E-state index in [2.05, 4.69) is 0 Å². The molecule has 0 amide bonds. The van der Waals surface area contributed by atoms with Gasteiger partial charge in [0.05, 0.1) is 18.8 Å². The molecule has 3 nitrogen and oxygen atoms in total. The minimum absolute atomic E-state index is 0.0950. The number of carbonyl (C=O) groups is 1. The summed E-state index contributed by atoms with van der Waals surface area (Å²) in [7, 11) is 1.38. The summed E-state index contributed by atoms with van der Waals surface area (Å²) in [5.74, 6) is 0.388. The van der Waals surface area contributed by atoms with Crippen LogP contribution in [0.15, 0.2) is 18.2 Å². The largest absolute Gasteiger partial charge is 0.491 e. The molecule has 3 heteroatoms. The lowest BCUT2D eigenvalue weighted by Crippen LogP contribution is -2.08. The van der Waals surface area contributed by atoms with Crippen molar-refractivity contribution in [2.75, 3.05) is 7.11 Å². The Balaban J connectivity index is 3.05. The molecule has 0 aromatic heterocycles. The molecule has 0 saturated carbocycles. The molecular weight excluding hydrogens is 204 g/mol. The monoisotopic (exact) mass is 222 g/mol. The van der Waals surface area contributed by atoms with Gasteiger partial charge < -0.3 is 9.47 Å². The zero-order valence-corrected chi connectivity index (χ0v) is 10.2. The van der Waals surface area contributed by atoms with Crippen LogP contribution in [-0.4, -0.2) is 19.2 Å². The van der Waals surface area contributed by atoms with Crippen LogP contribution in [0.1, 0.15) is 36.7 Å². The molecule has 1 aromatic rings. The summed E-state index contributed by atoms with van der Waals surface area (Å²) >= 11 is 0. The molecule has 0 N–H and O–H groups in total. The quantitative estimate of drug-likeness (QED) is 0.735. The van der Waals surface area contributed by atoms with E-state index in [-0.39, 0.29) is 12.1 Å². The Morgan fingerprint density at radius 3 is 2.50 bits per heavy atom. The summed E-state index contributed by atoms with van der Waals surface area (Å²) in [4.78, 5) is 11.4. The number of aryl methyl sites for hydroxylation is 1. The van der Waals surface area contributed by atoms with Crippen molar-refractivity contribution in [3.8, 4) is 5.75 Å². The van der Waals surface area contributed by atoms with Gasteiger partial charge in [-0.15, -0.1) is 0 Å². The first kappa shape index (κ1) is 12.6. The van der Waals surface area contributed by atoms with Crippen molar-refractivity contribution >= 4 is 5.97 Å². The Morgan fingerprint density at radius 2 is 2.00 bits per heavy atom. The van der Waals surface area contributed by atoms with Gasteiger partial charge in [0.15, 0.2) is 0 Å². The van der Waals surface area contributed by atoms with Crippen LogP contribution >= 0.6 is 0 Å². The Morgan fingerprint density at radius 1 is 1.31 bits per heavy atom. The third kappa shape index (κ3) is 3.26. The summed E-state index contributed by atoms with van der Waals surface area (Å²) in [6, 6.07) is 5.50. The lowest BCUT2D eigenvalue weighted by molar-refractivity contribution is 0.0600. The van der Waals surface area contributed by atoms with Gasteiger partial charge in [-0.2, -0.15) is 0 Å². The van der Waals surface area contributed by atoms with Crippen molar-refractivity contribution in [3.63, 3.8) is 0 Å². The lowest BCUT2D eigenvalue weighted by Gasteiger charge is -2.12. The SMILES string of the molecule is CCc1cc(OC(C)C)cc(C(=O)OC)c1. The van der Waals surface area contributed by atoms with Crippen LogP contribution in [0.2, 0.25) is 0 Å². The molecule has 0 spiro atoms. The Hall–Kier alpha value is -1.51. The van der Waals surface area contributed by atoms with Gasteiger partial charge in [-0.25, -0.2) is 4.79 Å². The normalized spacial score (nSPS) is 10.3. The fourth-order valence-electron chi connectivity index (χ4n) is 1.44. The van der Waals surface area contributed by atoms with Gasteiger partial charge in [0.1, 0.15) is 5.75 Å². The topological polar surface area (TPSA) is 35.5 Å². The predicted molar refractivity (Wildman–Crippen MR) is 62.9 cm³/mol. The first-order chi connectivity index (χ1) is 7.56. The fraction of sp³-hybridized carbons (Fsp3) is 0.462. The minimum Gasteiger partial charge on any atom is -0.491 e. The van der Waals surface area contributed by atoms with Crippen molar-refractivity contribution in [1.29, 1.82) is 0 Å². The van der Waals surface area contributed by atoms with E-state index in [9.17, 15) is 4.79 Å². The number of benzene rings is 1. The molecule has 0 atom stereocenters. The highest BCUT2D eigenvalue weighted by atomic mass is 16.5. The molecule has 1 aromatic carbocycles. The van der Waals surface area contributed by atoms with Crippen LogP contribution in [0, 0.1) is 0 Å². The molecule has 1 rings (SSSR count). The van der Waals surface area contributed by atoms with Gasteiger partial charge >= 0.3 is 5.97 Å². The maximum absolute atomic E-state index is 11.4. The number of hydrogen-bond donors (Lipinski definition) is 0. The number of carbonyl (C=O) groups excluding carboxylic acids is 1. The molecule has 0 unspecified atom stereocenters. The third-order valence-electron chi connectivity index (χ3n) is 2.17. The highest BCUT2D eigenvalue weighted by Gasteiger charge is 2.09. The van der Waals surface area contributed by atoms with E-state index in [0.717, 1.165) is 17.7 Å². The molecule has 0 radical (unpaired) electrons. The smallest absolute Gasteiger partial charge is 0.337 e. The Bertz CT molecular complexity index is 369. The molecule has 0 aliphatic rings. The fourth-order valence-corrected chi connectivity index (χ4v) is 1.44. The van der Waals surface area contributed by atoms with Crippen LogP contribution in [0.3, 0.4) is 0 Å². The zero-order chi connectivity index (χ0) is 12.1. The zero-order valence-electron chi connectivity index (χ0n) is 10.2. The Kier molecular flexibility index (Phi) is 4.35. The second-order valence-corrected chi connectivity index (χ2v) is 3.88. The summed E-state index contributed by atoms with van der Waals surface area (Å²) < 4.78 is 10.3. The highest BCUT2D eigenvalue weighted by Crippen LogP contribution is 2.19. The minimum atomic E-state index is -0.330. The molecule has 0 aliphatic heterocycles. The average molecular weight is 222 g/mol. The van der Waals surface area contributed by atoms with Crippen LogP contribution in [0.5, 0.6) is 5.75 Å². The van der Waals surface area contributed by atoms with Crippen molar-refractivity contribution in [3.05, 3.63) is 29.3 Å². The van der Waals surface area contributed by atoms with Gasteiger partial charge in [-0.1, -0.05) is 6.92 Å². The number of ether oxygens (including phenoxy) is 2. The van der Waals surface area contributed by atoms with Crippen LogP contribution in [0.25, 0.3) is 0 Å². The second kappa shape index (κ2) is 5.54. The molecule has 88 valence electrons. The molecular formula is C13H18O3. The lowest BCUT2D eigenvalue weighted by atomic mass is 10.1. The number of esters is 1.